The SMILES string of the molecule is CC(C)CC(N)CNC(=O)C1CCCCS1(=O)=O. The predicted molar refractivity (Wildman–Crippen MR) is 71.9 cm³/mol. The fourth-order valence-electron chi connectivity index (χ4n) is 2.28. The molecule has 2 unspecified atom stereocenters. The molecule has 1 amide bonds. The summed E-state index contributed by atoms with van der Waals surface area (Å²) in [5, 5.41) is 1.81. The number of hydrogen-bond donors (Lipinski definition) is 2. The molecule has 1 rings (SSSR count). The molecule has 0 spiro atoms. The highest BCUT2D eigenvalue weighted by atomic mass is 32.2. The van der Waals surface area contributed by atoms with Crippen molar-refractivity contribution in [2.24, 2.45) is 11.7 Å². The Kier molecular flexibility index (Phi) is 5.59. The Morgan fingerprint density at radius 1 is 1.39 bits per heavy atom. The average Bonchev–Trinajstić information content (AvgIpc) is 2.24. The highest BCUT2D eigenvalue weighted by molar-refractivity contribution is 7.92. The molecule has 18 heavy (non-hydrogen) atoms. The van der Waals surface area contributed by atoms with Gasteiger partial charge >= 0.3 is 0 Å². The number of rotatable bonds is 5. The maximum absolute atomic E-state index is 11.9. The van der Waals surface area contributed by atoms with Crippen molar-refractivity contribution in [3.63, 3.8) is 0 Å². The lowest BCUT2D eigenvalue weighted by molar-refractivity contribution is -0.120. The lowest BCUT2D eigenvalue weighted by atomic mass is 10.0. The lowest BCUT2D eigenvalue weighted by Gasteiger charge is -2.22. The highest BCUT2D eigenvalue weighted by Crippen LogP contribution is 2.19. The summed E-state index contributed by atoms with van der Waals surface area (Å²) in [4.78, 5) is 11.9. The zero-order valence-electron chi connectivity index (χ0n) is 11.2. The molecule has 3 N–H and O–H groups in total. The minimum atomic E-state index is -3.25. The number of carbonyl (C=O) groups excluding carboxylic acids is 1. The Balaban J connectivity index is 2.45. The molecule has 1 fully saturated rings. The highest BCUT2D eigenvalue weighted by Gasteiger charge is 2.34. The average molecular weight is 276 g/mol. The van der Waals surface area contributed by atoms with E-state index in [0.29, 0.717) is 25.3 Å². The maximum Gasteiger partial charge on any atom is 0.238 e. The van der Waals surface area contributed by atoms with Gasteiger partial charge in [-0.3, -0.25) is 4.79 Å². The normalized spacial score (nSPS) is 24.8. The Bertz CT molecular complexity index is 379. The fourth-order valence-corrected chi connectivity index (χ4v) is 4.11. The first-order chi connectivity index (χ1) is 8.33. The topological polar surface area (TPSA) is 89.3 Å². The molecule has 0 aliphatic carbocycles. The van der Waals surface area contributed by atoms with Gasteiger partial charge in [0.15, 0.2) is 9.84 Å². The third kappa shape index (κ3) is 4.57. The van der Waals surface area contributed by atoms with Gasteiger partial charge in [0, 0.05) is 12.6 Å². The largest absolute Gasteiger partial charge is 0.353 e. The number of carbonyl (C=O) groups is 1. The lowest BCUT2D eigenvalue weighted by Crippen LogP contribution is -2.46. The van der Waals surface area contributed by atoms with E-state index in [2.05, 4.69) is 19.2 Å². The zero-order valence-corrected chi connectivity index (χ0v) is 12.0. The van der Waals surface area contributed by atoms with Gasteiger partial charge in [0.25, 0.3) is 0 Å². The second-order valence-electron chi connectivity index (χ2n) is 5.49. The van der Waals surface area contributed by atoms with Gasteiger partial charge in [-0.15, -0.1) is 0 Å². The zero-order chi connectivity index (χ0) is 13.8. The fraction of sp³-hybridized carbons (Fsp3) is 0.917. The van der Waals surface area contributed by atoms with Crippen molar-refractivity contribution in [1.29, 1.82) is 0 Å². The number of nitrogens with one attached hydrogen (secondary N) is 1. The molecule has 106 valence electrons. The van der Waals surface area contributed by atoms with Gasteiger partial charge in [0.2, 0.25) is 5.91 Å². The summed E-state index contributed by atoms with van der Waals surface area (Å²) in [6, 6.07) is -0.111. The number of sulfone groups is 1. The molecule has 0 aromatic carbocycles. The van der Waals surface area contributed by atoms with Crippen LogP contribution < -0.4 is 11.1 Å². The molecule has 0 aromatic rings. The van der Waals surface area contributed by atoms with Crippen LogP contribution in [0.2, 0.25) is 0 Å². The summed E-state index contributed by atoms with van der Waals surface area (Å²) in [5.74, 6) is 0.215. The first-order valence-electron chi connectivity index (χ1n) is 6.58. The van der Waals surface area contributed by atoms with Crippen LogP contribution in [0.1, 0.15) is 39.5 Å². The molecule has 1 saturated heterocycles. The molecule has 0 aromatic heterocycles. The number of nitrogens with two attached hydrogens (primary N) is 1. The van der Waals surface area contributed by atoms with Gasteiger partial charge in [-0.05, 0) is 25.2 Å². The molecule has 0 radical (unpaired) electrons. The van der Waals surface area contributed by atoms with E-state index in [1.165, 1.54) is 0 Å². The van der Waals surface area contributed by atoms with Crippen molar-refractivity contribution in [3.8, 4) is 0 Å². The molecule has 0 saturated carbocycles. The van der Waals surface area contributed by atoms with E-state index in [1.54, 1.807) is 0 Å². The van der Waals surface area contributed by atoms with Gasteiger partial charge in [-0.2, -0.15) is 0 Å². The van der Waals surface area contributed by atoms with Crippen molar-refractivity contribution in [2.75, 3.05) is 12.3 Å². The summed E-state index contributed by atoms with van der Waals surface area (Å²) in [5.41, 5.74) is 5.86. The summed E-state index contributed by atoms with van der Waals surface area (Å²) in [7, 11) is -3.25. The van der Waals surface area contributed by atoms with Crippen LogP contribution in [0.15, 0.2) is 0 Å². The smallest absolute Gasteiger partial charge is 0.238 e. The van der Waals surface area contributed by atoms with E-state index in [4.69, 9.17) is 5.73 Å². The number of hydrogen-bond acceptors (Lipinski definition) is 4. The van der Waals surface area contributed by atoms with E-state index in [0.717, 1.165) is 12.8 Å². The summed E-state index contributed by atoms with van der Waals surface area (Å²) < 4.78 is 23.5. The maximum atomic E-state index is 11.9. The van der Waals surface area contributed by atoms with Gasteiger partial charge in [-0.25, -0.2) is 8.42 Å². The van der Waals surface area contributed by atoms with Gasteiger partial charge in [0.05, 0.1) is 5.75 Å². The van der Waals surface area contributed by atoms with Crippen molar-refractivity contribution < 1.29 is 13.2 Å². The van der Waals surface area contributed by atoms with Crippen LogP contribution in [0.3, 0.4) is 0 Å². The van der Waals surface area contributed by atoms with E-state index in [1.807, 2.05) is 0 Å². The molecule has 6 heteroatoms. The molecule has 1 aliphatic rings. The summed E-state index contributed by atoms with van der Waals surface area (Å²) in [6.45, 7) is 4.48. The molecule has 0 bridgehead atoms. The molecule has 1 aliphatic heterocycles. The minimum Gasteiger partial charge on any atom is -0.353 e. The van der Waals surface area contributed by atoms with Crippen LogP contribution in [-0.4, -0.2) is 37.9 Å². The molecule has 1 heterocycles. The van der Waals surface area contributed by atoms with Gasteiger partial charge < -0.3 is 11.1 Å². The van der Waals surface area contributed by atoms with Crippen LogP contribution in [0.25, 0.3) is 0 Å². The van der Waals surface area contributed by atoms with Crippen LogP contribution in [0.5, 0.6) is 0 Å². The minimum absolute atomic E-state index is 0.111. The van der Waals surface area contributed by atoms with Crippen molar-refractivity contribution in [2.45, 2.75) is 50.8 Å². The third-order valence-electron chi connectivity index (χ3n) is 3.18. The second kappa shape index (κ2) is 6.52. The summed E-state index contributed by atoms with van der Waals surface area (Å²) in [6.07, 6.45) is 2.72. The van der Waals surface area contributed by atoms with Crippen molar-refractivity contribution >= 4 is 15.7 Å². The predicted octanol–water partition coefficient (Wildman–Crippen LogP) is 0.443. The Morgan fingerprint density at radius 3 is 2.61 bits per heavy atom. The van der Waals surface area contributed by atoms with E-state index < -0.39 is 15.1 Å². The second-order valence-corrected chi connectivity index (χ2v) is 7.79. The third-order valence-corrected chi connectivity index (χ3v) is 5.36. The van der Waals surface area contributed by atoms with E-state index >= 15 is 0 Å². The van der Waals surface area contributed by atoms with Crippen LogP contribution in [0, 0.1) is 5.92 Å². The van der Waals surface area contributed by atoms with E-state index in [9.17, 15) is 13.2 Å². The molecular weight excluding hydrogens is 252 g/mol. The van der Waals surface area contributed by atoms with Gasteiger partial charge in [0.1, 0.15) is 5.25 Å². The van der Waals surface area contributed by atoms with E-state index in [-0.39, 0.29) is 17.7 Å². The Hall–Kier alpha value is -0.620. The van der Waals surface area contributed by atoms with Gasteiger partial charge in [-0.1, -0.05) is 20.3 Å². The first kappa shape index (κ1) is 15.4. The monoisotopic (exact) mass is 276 g/mol. The standard InChI is InChI=1S/C12H24N2O3S/c1-9(2)7-10(13)8-14-12(15)11-5-3-4-6-18(11,16)17/h9-11H,3-8,13H2,1-2H3,(H,14,15). The first-order valence-corrected chi connectivity index (χ1v) is 8.29. The molecule has 5 nitrogen and oxygen atoms in total. The Morgan fingerprint density at radius 2 is 2.06 bits per heavy atom. The molecular formula is C12H24N2O3S. The van der Waals surface area contributed by atoms with Crippen LogP contribution in [0.4, 0.5) is 0 Å². The molecule has 2 atom stereocenters. The Labute approximate surface area is 109 Å². The van der Waals surface area contributed by atoms with Crippen LogP contribution >= 0.6 is 0 Å². The summed E-state index contributed by atoms with van der Waals surface area (Å²) >= 11 is 0. The van der Waals surface area contributed by atoms with Crippen molar-refractivity contribution in [3.05, 3.63) is 0 Å². The number of amides is 1. The van der Waals surface area contributed by atoms with Crippen LogP contribution in [-0.2, 0) is 14.6 Å². The van der Waals surface area contributed by atoms with Crippen molar-refractivity contribution in [1.82, 2.24) is 5.32 Å². The quantitative estimate of drug-likeness (QED) is 0.762.